The van der Waals surface area contributed by atoms with E-state index in [-0.39, 0.29) is 0 Å². The van der Waals surface area contributed by atoms with Crippen LogP contribution in [0.15, 0.2) is 470 Å². The van der Waals surface area contributed by atoms with Gasteiger partial charge in [-0.3, -0.25) is 0 Å². The van der Waals surface area contributed by atoms with Gasteiger partial charge >= 0.3 is 0 Å². The first-order valence-electron chi connectivity index (χ1n) is 45.5. The van der Waals surface area contributed by atoms with Gasteiger partial charge in [-0.2, -0.15) is 0 Å². The first-order chi connectivity index (χ1) is 65.9. The molecule has 29 rings (SSSR count). The Bertz CT molecular complexity index is 9730. The van der Waals surface area contributed by atoms with Crippen molar-refractivity contribution in [3.8, 4) is 66.8 Å². The molecule has 0 unspecified atom stereocenters. The Kier molecular flexibility index (Phi) is 16.6. The lowest BCUT2D eigenvalue weighted by atomic mass is 9.92. The first-order valence-corrected chi connectivity index (χ1v) is 46.4. The molecule has 133 heavy (non-hydrogen) atoms. The molecule has 22 aromatic carbocycles. The zero-order valence-electron chi connectivity index (χ0n) is 71.9. The number of hydrogen-bond acceptors (Lipinski definition) is 5. The molecular formula is C126H76N4O2S. The van der Waals surface area contributed by atoms with Gasteiger partial charge in [0.2, 0.25) is 0 Å². The average Bonchev–Trinajstić information content (AvgIpc) is 1.55. The minimum atomic E-state index is 0.899. The molecule has 618 valence electrons. The summed E-state index contributed by atoms with van der Waals surface area (Å²) >= 11 is 1.86. The summed E-state index contributed by atoms with van der Waals surface area (Å²) in [5, 5.41) is 25.2. The fourth-order valence-electron chi connectivity index (χ4n) is 21.7. The lowest BCUT2D eigenvalue weighted by molar-refractivity contribution is 0.668. The van der Waals surface area contributed by atoms with E-state index in [9.17, 15) is 0 Å². The van der Waals surface area contributed by atoms with E-state index in [1.54, 1.807) is 0 Å². The Morgan fingerprint density at radius 2 is 0.398 bits per heavy atom. The van der Waals surface area contributed by atoms with Crippen LogP contribution in [0.25, 0.3) is 239 Å². The zero-order chi connectivity index (χ0) is 87.0. The molecule has 7 heterocycles. The van der Waals surface area contributed by atoms with Crippen molar-refractivity contribution in [3.05, 3.63) is 461 Å². The van der Waals surface area contributed by atoms with Crippen LogP contribution >= 0.6 is 11.3 Å². The van der Waals surface area contributed by atoms with E-state index in [4.69, 9.17) is 8.83 Å². The highest BCUT2D eigenvalue weighted by atomic mass is 32.1. The van der Waals surface area contributed by atoms with Crippen LogP contribution in [-0.2, 0) is 0 Å². The largest absolute Gasteiger partial charge is 0.456 e. The molecule has 6 nitrogen and oxygen atoms in total. The molecule has 0 saturated heterocycles. The fourth-order valence-corrected chi connectivity index (χ4v) is 22.8. The van der Waals surface area contributed by atoms with E-state index >= 15 is 0 Å². The summed E-state index contributed by atoms with van der Waals surface area (Å²) in [6, 6.07) is 169. The molecule has 7 aromatic heterocycles. The van der Waals surface area contributed by atoms with Crippen molar-refractivity contribution in [2.24, 2.45) is 0 Å². The van der Waals surface area contributed by atoms with E-state index in [1.807, 2.05) is 35.6 Å². The Balaban J connectivity index is 0.000000133. The monoisotopic (exact) mass is 1710 g/mol. The summed E-state index contributed by atoms with van der Waals surface area (Å²) in [4.78, 5) is 4.72. The van der Waals surface area contributed by atoms with Crippen molar-refractivity contribution < 1.29 is 8.83 Å². The molecule has 0 aliphatic carbocycles. The molecular weight excluding hydrogens is 1630 g/mol. The number of aromatic nitrogens is 2. The van der Waals surface area contributed by atoms with Crippen LogP contribution in [0, 0.1) is 0 Å². The number of nitrogens with zero attached hydrogens (tertiary/aromatic N) is 4. The van der Waals surface area contributed by atoms with Gasteiger partial charge in [0.05, 0.1) is 33.1 Å². The molecule has 0 N–H and O–H groups in total. The standard InChI is InChI=1S/C66H40N2O.C60H36N2OS/c1-2-12-52-50(10-1)51-11-3-4-13-53(51)61-38-44(26-35-54(52)61)41-20-29-47(30-21-41)67(49-33-24-43(25-34-49)46-28-37-58-57-15-6-8-19-64(57)69-65(58)40-46)48-31-22-42(23-32-48)45-27-36-56-60-17-9-16-59-55-14-5-7-18-62(55)68(66(59)60)63(56)39-45;1-4-13-54-46(8-1)51-11-7-12-52-47-31-22-41(35-55(47)62(54)60(51)52)38-18-27-44(28-19-38)61(43-25-16-37(17-26-43)40-24-33-59-53(34-40)50-10-3-6-15-58(50)64-59)45-29-20-39(21-30-45)42-23-32-49-48-9-2-5-14-56(48)63-57(49)36-42/h1-40H;1-36H. The second-order valence-electron chi connectivity index (χ2n) is 35.3. The predicted molar refractivity (Wildman–Crippen MR) is 564 cm³/mol. The zero-order valence-corrected chi connectivity index (χ0v) is 72.7. The van der Waals surface area contributed by atoms with Gasteiger partial charge in [-0.1, -0.05) is 303 Å². The van der Waals surface area contributed by atoms with Crippen LogP contribution in [0.1, 0.15) is 0 Å². The van der Waals surface area contributed by atoms with Crippen molar-refractivity contribution >= 4 is 218 Å². The Morgan fingerprint density at radius 3 is 0.789 bits per heavy atom. The number of furan rings is 2. The van der Waals surface area contributed by atoms with E-state index < -0.39 is 0 Å². The minimum absolute atomic E-state index is 0.899. The van der Waals surface area contributed by atoms with Gasteiger partial charge in [0.1, 0.15) is 22.3 Å². The van der Waals surface area contributed by atoms with Gasteiger partial charge in [-0.25, -0.2) is 0 Å². The molecule has 0 radical (unpaired) electrons. The number of fused-ring (bicyclic) bond motifs is 27. The predicted octanol–water partition coefficient (Wildman–Crippen LogP) is 36.2. The molecule has 0 saturated carbocycles. The molecule has 29 aromatic rings. The van der Waals surface area contributed by atoms with Crippen LogP contribution in [-0.4, -0.2) is 8.80 Å². The van der Waals surface area contributed by atoms with Crippen molar-refractivity contribution in [1.82, 2.24) is 8.80 Å². The SMILES string of the molecule is c1ccc2c(c1)oc1cc(-c3ccc(N(c4ccc(-c5ccc6c7ccccc7c7ccccc7c6c5)cc4)c4ccc(-c5ccc6c7cccc8c9ccccc9n(c6c5)c87)cc4)cc3)ccc12.c1ccc2c(c1)oc1cc(-c3ccc(N(c4ccc(-c5ccc6sc7ccccc7c6c5)cc4)c4ccc(-c5ccc6c7cccc8c9ccccc9n(c6c5)c87)cc4)cc3)ccc12. The lowest BCUT2D eigenvalue weighted by Crippen LogP contribution is -2.09. The lowest BCUT2D eigenvalue weighted by Gasteiger charge is -2.26. The molecule has 0 aliphatic heterocycles. The normalized spacial score (nSPS) is 12.1. The highest BCUT2D eigenvalue weighted by Gasteiger charge is 2.24. The third kappa shape index (κ3) is 11.9. The molecule has 0 aliphatic rings. The third-order valence-electron chi connectivity index (χ3n) is 28.1. The molecule has 0 amide bonds. The number of hydrogen-bond donors (Lipinski definition) is 0. The van der Waals surface area contributed by atoms with Crippen molar-refractivity contribution in [2.75, 3.05) is 9.80 Å². The van der Waals surface area contributed by atoms with Gasteiger partial charge in [-0.05, 0) is 257 Å². The second-order valence-corrected chi connectivity index (χ2v) is 36.4. The van der Waals surface area contributed by atoms with Crippen LogP contribution in [0.3, 0.4) is 0 Å². The van der Waals surface area contributed by atoms with E-state index in [0.717, 1.165) is 100 Å². The second kappa shape index (κ2) is 29.6. The average molecular weight is 1710 g/mol. The molecule has 0 atom stereocenters. The van der Waals surface area contributed by atoms with Crippen LogP contribution < -0.4 is 9.80 Å². The maximum atomic E-state index is 6.29. The maximum absolute atomic E-state index is 6.29. The summed E-state index contributed by atoms with van der Waals surface area (Å²) in [5.74, 6) is 0. The first kappa shape index (κ1) is 74.7. The van der Waals surface area contributed by atoms with Gasteiger partial charge in [0.15, 0.2) is 0 Å². The summed E-state index contributed by atoms with van der Waals surface area (Å²) in [6.45, 7) is 0. The van der Waals surface area contributed by atoms with E-state index in [2.05, 4.69) is 455 Å². The van der Waals surface area contributed by atoms with Crippen molar-refractivity contribution in [1.29, 1.82) is 0 Å². The third-order valence-corrected chi connectivity index (χ3v) is 29.2. The number of benzene rings is 22. The van der Waals surface area contributed by atoms with Crippen molar-refractivity contribution in [3.63, 3.8) is 0 Å². The van der Waals surface area contributed by atoms with Gasteiger partial charge in [0.25, 0.3) is 0 Å². The van der Waals surface area contributed by atoms with Gasteiger partial charge < -0.3 is 27.4 Å². The Morgan fingerprint density at radius 1 is 0.150 bits per heavy atom. The molecule has 0 fully saturated rings. The highest BCUT2D eigenvalue weighted by molar-refractivity contribution is 7.25. The fraction of sp³-hybridized carbons (Fsp3) is 0. The number of thiophene rings is 1. The quantitative estimate of drug-likeness (QED) is 0.114. The molecule has 0 spiro atoms. The van der Waals surface area contributed by atoms with Crippen LogP contribution in [0.4, 0.5) is 34.1 Å². The highest BCUT2D eigenvalue weighted by Crippen LogP contribution is 2.49. The van der Waals surface area contributed by atoms with Crippen LogP contribution in [0.5, 0.6) is 0 Å². The van der Waals surface area contributed by atoms with E-state index in [1.165, 1.54) is 173 Å². The number of para-hydroxylation sites is 6. The summed E-state index contributed by atoms with van der Waals surface area (Å²) in [5.41, 5.74) is 31.7. The van der Waals surface area contributed by atoms with Gasteiger partial charge in [0, 0.05) is 119 Å². The van der Waals surface area contributed by atoms with E-state index in [0.29, 0.717) is 0 Å². The van der Waals surface area contributed by atoms with Gasteiger partial charge in [-0.15, -0.1) is 11.3 Å². The topological polar surface area (TPSA) is 41.6 Å². The smallest absolute Gasteiger partial charge is 0.136 e. The van der Waals surface area contributed by atoms with Crippen LogP contribution in [0.2, 0.25) is 0 Å². The number of rotatable bonds is 12. The summed E-state index contributed by atoms with van der Waals surface area (Å²) in [7, 11) is 0. The molecule has 7 heteroatoms. The Labute approximate surface area is 767 Å². The van der Waals surface area contributed by atoms with Crippen molar-refractivity contribution in [2.45, 2.75) is 0 Å². The number of anilines is 6. The summed E-state index contributed by atoms with van der Waals surface area (Å²) in [6.07, 6.45) is 0. The molecule has 0 bridgehead atoms. The Hall–Kier alpha value is -17.4. The minimum Gasteiger partial charge on any atom is -0.456 e. The maximum Gasteiger partial charge on any atom is 0.136 e. The summed E-state index contributed by atoms with van der Waals surface area (Å²) < 4.78 is 20.1.